The molecule has 0 unspecified atom stereocenters. The SMILES string of the molecule is CCN(C)c1nc(C)nc2c1CN(C(=O)c1ccc([N+](=O)[O-])cc1)CC2. The van der Waals surface area contributed by atoms with Gasteiger partial charge in [-0.15, -0.1) is 0 Å². The van der Waals surface area contributed by atoms with Crippen LogP contribution in [0.4, 0.5) is 11.5 Å². The smallest absolute Gasteiger partial charge is 0.269 e. The van der Waals surface area contributed by atoms with E-state index in [1.807, 2.05) is 25.8 Å². The van der Waals surface area contributed by atoms with Crippen molar-refractivity contribution in [3.63, 3.8) is 0 Å². The Morgan fingerprint density at radius 2 is 2.00 bits per heavy atom. The van der Waals surface area contributed by atoms with Crippen LogP contribution in [0.15, 0.2) is 24.3 Å². The lowest BCUT2D eigenvalue weighted by molar-refractivity contribution is -0.384. The summed E-state index contributed by atoms with van der Waals surface area (Å²) in [6, 6.07) is 5.71. The van der Waals surface area contributed by atoms with Gasteiger partial charge in [0.15, 0.2) is 0 Å². The highest BCUT2D eigenvalue weighted by atomic mass is 16.6. The molecule has 0 saturated heterocycles. The zero-order valence-electron chi connectivity index (χ0n) is 15.1. The summed E-state index contributed by atoms with van der Waals surface area (Å²) in [5, 5.41) is 10.8. The van der Waals surface area contributed by atoms with Gasteiger partial charge in [-0.1, -0.05) is 0 Å². The van der Waals surface area contributed by atoms with Crippen LogP contribution in [0.1, 0.15) is 34.4 Å². The number of rotatable bonds is 4. The Morgan fingerprint density at radius 1 is 1.31 bits per heavy atom. The third kappa shape index (κ3) is 3.35. The molecule has 26 heavy (non-hydrogen) atoms. The van der Waals surface area contributed by atoms with Crippen molar-refractivity contribution in [3.05, 3.63) is 57.0 Å². The number of aromatic nitrogens is 2. The molecule has 136 valence electrons. The average molecular weight is 355 g/mol. The number of hydrogen-bond donors (Lipinski definition) is 0. The maximum Gasteiger partial charge on any atom is 0.269 e. The van der Waals surface area contributed by atoms with Crippen LogP contribution < -0.4 is 4.90 Å². The monoisotopic (exact) mass is 355 g/mol. The first-order valence-corrected chi connectivity index (χ1v) is 8.52. The molecule has 2 heterocycles. The van der Waals surface area contributed by atoms with Crippen LogP contribution in [0.2, 0.25) is 0 Å². The summed E-state index contributed by atoms with van der Waals surface area (Å²) >= 11 is 0. The maximum atomic E-state index is 12.8. The minimum absolute atomic E-state index is 0.0266. The third-order valence-corrected chi connectivity index (χ3v) is 4.60. The zero-order valence-corrected chi connectivity index (χ0v) is 15.1. The Morgan fingerprint density at radius 3 is 2.62 bits per heavy atom. The number of benzene rings is 1. The number of aryl methyl sites for hydroxylation is 1. The third-order valence-electron chi connectivity index (χ3n) is 4.60. The van der Waals surface area contributed by atoms with Gasteiger partial charge in [0.25, 0.3) is 11.6 Å². The molecule has 3 rings (SSSR count). The molecule has 8 heteroatoms. The zero-order chi connectivity index (χ0) is 18.8. The van der Waals surface area contributed by atoms with Crippen LogP contribution in [-0.2, 0) is 13.0 Å². The first kappa shape index (κ1) is 17.8. The molecule has 0 N–H and O–H groups in total. The van der Waals surface area contributed by atoms with Gasteiger partial charge in [-0.2, -0.15) is 0 Å². The topological polar surface area (TPSA) is 92.5 Å². The lowest BCUT2D eigenvalue weighted by atomic mass is 10.0. The van der Waals surface area contributed by atoms with E-state index >= 15 is 0 Å². The van der Waals surface area contributed by atoms with E-state index in [4.69, 9.17) is 0 Å². The van der Waals surface area contributed by atoms with Crippen molar-refractivity contribution in [1.82, 2.24) is 14.9 Å². The Labute approximate surface area is 151 Å². The Bertz CT molecular complexity index is 851. The number of hydrogen-bond acceptors (Lipinski definition) is 6. The molecule has 1 aromatic heterocycles. The number of anilines is 1. The molecule has 1 amide bonds. The van der Waals surface area contributed by atoms with E-state index in [9.17, 15) is 14.9 Å². The number of non-ortho nitro benzene ring substituents is 1. The first-order valence-electron chi connectivity index (χ1n) is 8.52. The molecule has 0 spiro atoms. The molecular formula is C18H21N5O3. The van der Waals surface area contributed by atoms with Crippen molar-refractivity contribution >= 4 is 17.4 Å². The highest BCUT2D eigenvalue weighted by molar-refractivity contribution is 5.94. The lowest BCUT2D eigenvalue weighted by Crippen LogP contribution is -2.38. The van der Waals surface area contributed by atoms with Crippen molar-refractivity contribution in [3.8, 4) is 0 Å². The van der Waals surface area contributed by atoms with E-state index in [0.717, 1.165) is 29.4 Å². The molecule has 0 fully saturated rings. The normalized spacial score (nSPS) is 13.3. The second-order valence-electron chi connectivity index (χ2n) is 6.31. The van der Waals surface area contributed by atoms with Crippen LogP contribution in [0, 0.1) is 17.0 Å². The fraction of sp³-hybridized carbons (Fsp3) is 0.389. The van der Waals surface area contributed by atoms with Crippen LogP contribution in [0.25, 0.3) is 0 Å². The first-order chi connectivity index (χ1) is 12.4. The van der Waals surface area contributed by atoms with Gasteiger partial charge in [0.2, 0.25) is 0 Å². The molecule has 0 aliphatic carbocycles. The van der Waals surface area contributed by atoms with Gasteiger partial charge < -0.3 is 9.80 Å². The van der Waals surface area contributed by atoms with Gasteiger partial charge in [-0.25, -0.2) is 9.97 Å². The standard InChI is InChI=1S/C18H21N5O3/c1-4-21(3)17-15-11-22(10-9-16(15)19-12(2)20-17)18(24)13-5-7-14(8-6-13)23(25)26/h5-8H,4,9-11H2,1-3H3. The largest absolute Gasteiger partial charge is 0.360 e. The number of nitro benzene ring substituents is 1. The molecule has 0 saturated carbocycles. The molecule has 1 aliphatic heterocycles. The van der Waals surface area contributed by atoms with Gasteiger partial charge in [0.1, 0.15) is 11.6 Å². The quantitative estimate of drug-likeness (QED) is 0.617. The molecule has 8 nitrogen and oxygen atoms in total. The Balaban J connectivity index is 1.87. The number of carbonyl (C=O) groups excluding carboxylic acids is 1. The van der Waals surface area contributed by atoms with Gasteiger partial charge >= 0.3 is 0 Å². The van der Waals surface area contributed by atoms with Gasteiger partial charge in [-0.3, -0.25) is 14.9 Å². The van der Waals surface area contributed by atoms with Gasteiger partial charge in [-0.05, 0) is 26.0 Å². The number of carbonyl (C=O) groups is 1. The molecule has 1 aliphatic rings. The lowest BCUT2D eigenvalue weighted by Gasteiger charge is -2.31. The van der Waals surface area contributed by atoms with Crippen molar-refractivity contribution in [2.45, 2.75) is 26.8 Å². The minimum Gasteiger partial charge on any atom is -0.360 e. The van der Waals surface area contributed by atoms with Crippen LogP contribution in [-0.4, -0.2) is 45.8 Å². The number of nitro groups is 1. The van der Waals surface area contributed by atoms with E-state index in [1.165, 1.54) is 24.3 Å². The van der Waals surface area contributed by atoms with Crippen molar-refractivity contribution in [2.75, 3.05) is 25.0 Å². The van der Waals surface area contributed by atoms with Crippen LogP contribution in [0.3, 0.4) is 0 Å². The predicted octanol–water partition coefficient (Wildman–Crippen LogP) is 2.35. The second kappa shape index (κ2) is 7.07. The summed E-state index contributed by atoms with van der Waals surface area (Å²) in [6.07, 6.45) is 0.669. The van der Waals surface area contributed by atoms with E-state index in [0.29, 0.717) is 25.1 Å². The van der Waals surface area contributed by atoms with Crippen molar-refractivity contribution < 1.29 is 9.72 Å². The summed E-state index contributed by atoms with van der Waals surface area (Å²) in [5.41, 5.74) is 2.38. The Kier molecular flexibility index (Phi) is 4.83. The maximum absolute atomic E-state index is 12.8. The van der Waals surface area contributed by atoms with E-state index in [2.05, 4.69) is 9.97 Å². The Hall–Kier alpha value is -3.03. The molecule has 0 atom stereocenters. The molecule has 1 aromatic carbocycles. The van der Waals surface area contributed by atoms with E-state index < -0.39 is 4.92 Å². The summed E-state index contributed by atoms with van der Waals surface area (Å²) in [7, 11) is 1.97. The highest BCUT2D eigenvalue weighted by Gasteiger charge is 2.27. The van der Waals surface area contributed by atoms with Crippen LogP contribution >= 0.6 is 0 Å². The summed E-state index contributed by atoms with van der Waals surface area (Å²) < 4.78 is 0. The second-order valence-corrected chi connectivity index (χ2v) is 6.31. The average Bonchev–Trinajstić information content (AvgIpc) is 2.65. The van der Waals surface area contributed by atoms with Gasteiger partial charge in [0.05, 0.1) is 17.2 Å². The van der Waals surface area contributed by atoms with Crippen molar-refractivity contribution in [1.29, 1.82) is 0 Å². The molecule has 0 radical (unpaired) electrons. The van der Waals surface area contributed by atoms with Gasteiger partial charge in [0, 0.05) is 49.8 Å². The summed E-state index contributed by atoms with van der Waals surface area (Å²) in [5.74, 6) is 1.45. The van der Waals surface area contributed by atoms with E-state index in [1.54, 1.807) is 4.90 Å². The summed E-state index contributed by atoms with van der Waals surface area (Å²) in [4.78, 5) is 36.0. The van der Waals surface area contributed by atoms with Crippen molar-refractivity contribution in [2.24, 2.45) is 0 Å². The number of nitrogens with zero attached hydrogens (tertiary/aromatic N) is 5. The number of amides is 1. The fourth-order valence-corrected chi connectivity index (χ4v) is 3.06. The molecular weight excluding hydrogens is 334 g/mol. The van der Waals surface area contributed by atoms with E-state index in [-0.39, 0.29) is 11.6 Å². The minimum atomic E-state index is -0.474. The molecule has 0 bridgehead atoms. The highest BCUT2D eigenvalue weighted by Crippen LogP contribution is 2.27. The predicted molar refractivity (Wildman–Crippen MR) is 97.3 cm³/mol. The summed E-state index contributed by atoms with van der Waals surface area (Å²) in [6.45, 7) is 5.73. The fourth-order valence-electron chi connectivity index (χ4n) is 3.06. The molecule has 2 aromatic rings. The van der Waals surface area contributed by atoms with Crippen LogP contribution in [0.5, 0.6) is 0 Å². The number of fused-ring (bicyclic) bond motifs is 1.